The highest BCUT2D eigenvalue weighted by atomic mass is 32.2. The summed E-state index contributed by atoms with van der Waals surface area (Å²) in [6, 6.07) is 4.94. The van der Waals surface area contributed by atoms with E-state index in [0.29, 0.717) is 22.1 Å². The summed E-state index contributed by atoms with van der Waals surface area (Å²) in [6.07, 6.45) is 0. The van der Waals surface area contributed by atoms with E-state index >= 15 is 0 Å². The lowest BCUT2D eigenvalue weighted by Gasteiger charge is -2.19. The Morgan fingerprint density at radius 2 is 1.12 bits per heavy atom. The standard InChI is InChI=1S/C19H25NO4S/c1-11-12(2)14(4)19(15(5)13(11)3)25(21,22)20-16-8-17(23-6)10-18(9-16)24-7/h8-10,20H,1-7H3. The van der Waals surface area contributed by atoms with Gasteiger partial charge in [0, 0.05) is 18.2 Å². The molecular formula is C19H25NO4S. The lowest BCUT2D eigenvalue weighted by molar-refractivity contribution is 0.395. The van der Waals surface area contributed by atoms with Crippen LogP contribution in [0.15, 0.2) is 23.1 Å². The molecular weight excluding hydrogens is 338 g/mol. The predicted octanol–water partition coefficient (Wildman–Crippen LogP) is 4.05. The number of methoxy groups -OCH3 is 2. The van der Waals surface area contributed by atoms with Gasteiger partial charge in [0.15, 0.2) is 0 Å². The van der Waals surface area contributed by atoms with Crippen LogP contribution in [0.4, 0.5) is 5.69 Å². The van der Waals surface area contributed by atoms with Gasteiger partial charge in [-0.2, -0.15) is 0 Å². The fraction of sp³-hybridized carbons (Fsp3) is 0.368. The zero-order valence-corrected chi connectivity index (χ0v) is 16.6. The van der Waals surface area contributed by atoms with Crippen LogP contribution in [0.1, 0.15) is 27.8 Å². The number of ether oxygens (including phenoxy) is 2. The number of sulfonamides is 1. The molecule has 6 heteroatoms. The van der Waals surface area contributed by atoms with Crippen molar-refractivity contribution in [3.63, 3.8) is 0 Å². The smallest absolute Gasteiger partial charge is 0.262 e. The van der Waals surface area contributed by atoms with Crippen molar-refractivity contribution in [1.29, 1.82) is 0 Å². The maximum atomic E-state index is 13.1. The number of anilines is 1. The Bertz CT molecular complexity index is 866. The lowest BCUT2D eigenvalue weighted by Crippen LogP contribution is -2.17. The van der Waals surface area contributed by atoms with Crippen LogP contribution in [0.3, 0.4) is 0 Å². The van der Waals surface area contributed by atoms with Crippen LogP contribution in [0.25, 0.3) is 0 Å². The normalized spacial score (nSPS) is 11.3. The minimum Gasteiger partial charge on any atom is -0.497 e. The number of nitrogens with one attached hydrogen (secondary N) is 1. The lowest BCUT2D eigenvalue weighted by atomic mass is 9.95. The van der Waals surface area contributed by atoms with Crippen LogP contribution >= 0.6 is 0 Å². The van der Waals surface area contributed by atoms with Crippen molar-refractivity contribution in [3.8, 4) is 11.5 Å². The Labute approximate surface area is 150 Å². The highest BCUT2D eigenvalue weighted by Crippen LogP contribution is 2.32. The van der Waals surface area contributed by atoms with Crippen molar-refractivity contribution in [2.45, 2.75) is 39.5 Å². The molecule has 2 rings (SSSR count). The Morgan fingerprint density at radius 1 is 0.720 bits per heavy atom. The summed E-state index contributed by atoms with van der Waals surface area (Å²) < 4.78 is 39.2. The first-order valence-corrected chi connectivity index (χ1v) is 9.43. The third kappa shape index (κ3) is 3.58. The summed E-state index contributed by atoms with van der Waals surface area (Å²) in [6.45, 7) is 9.60. The Balaban J connectivity index is 2.58. The molecule has 0 aromatic heterocycles. The van der Waals surface area contributed by atoms with Crippen LogP contribution in [-0.4, -0.2) is 22.6 Å². The molecule has 0 atom stereocenters. The molecule has 0 aliphatic carbocycles. The molecule has 0 amide bonds. The number of hydrogen-bond acceptors (Lipinski definition) is 4. The van der Waals surface area contributed by atoms with E-state index < -0.39 is 10.0 Å². The van der Waals surface area contributed by atoms with E-state index in [0.717, 1.165) is 27.8 Å². The van der Waals surface area contributed by atoms with Crippen LogP contribution in [0.2, 0.25) is 0 Å². The van der Waals surface area contributed by atoms with Crippen LogP contribution in [0.5, 0.6) is 11.5 Å². The largest absolute Gasteiger partial charge is 0.497 e. The van der Waals surface area contributed by atoms with Crippen molar-refractivity contribution in [1.82, 2.24) is 0 Å². The minimum atomic E-state index is -3.75. The Hall–Kier alpha value is -2.21. The van der Waals surface area contributed by atoms with Gasteiger partial charge in [-0.15, -0.1) is 0 Å². The summed E-state index contributed by atoms with van der Waals surface area (Å²) in [7, 11) is -0.704. The summed E-state index contributed by atoms with van der Waals surface area (Å²) >= 11 is 0. The Kier molecular flexibility index (Phi) is 5.32. The van der Waals surface area contributed by atoms with Gasteiger partial charge in [-0.1, -0.05) is 0 Å². The van der Waals surface area contributed by atoms with Gasteiger partial charge in [-0.05, 0) is 62.4 Å². The van der Waals surface area contributed by atoms with Gasteiger partial charge in [-0.3, -0.25) is 4.72 Å². The fourth-order valence-electron chi connectivity index (χ4n) is 2.94. The summed E-state index contributed by atoms with van der Waals surface area (Å²) in [5, 5.41) is 0. The molecule has 0 aliphatic heterocycles. The minimum absolute atomic E-state index is 0.329. The van der Waals surface area contributed by atoms with Crippen molar-refractivity contribution in [3.05, 3.63) is 46.0 Å². The summed E-state index contributed by atoms with van der Waals surface area (Å²) in [4.78, 5) is 0.329. The molecule has 1 N–H and O–H groups in total. The molecule has 25 heavy (non-hydrogen) atoms. The van der Waals surface area contributed by atoms with Crippen molar-refractivity contribution in [2.24, 2.45) is 0 Å². The van der Waals surface area contributed by atoms with Gasteiger partial charge in [-0.25, -0.2) is 8.42 Å². The molecule has 0 saturated carbocycles. The van der Waals surface area contributed by atoms with E-state index in [1.54, 1.807) is 18.2 Å². The molecule has 0 heterocycles. The zero-order valence-electron chi connectivity index (χ0n) is 15.8. The molecule has 0 bridgehead atoms. The average molecular weight is 363 g/mol. The zero-order chi connectivity index (χ0) is 18.9. The van der Waals surface area contributed by atoms with Gasteiger partial charge in [0.1, 0.15) is 11.5 Å². The second-order valence-electron chi connectivity index (χ2n) is 6.16. The first kappa shape index (κ1) is 19.1. The highest BCUT2D eigenvalue weighted by Gasteiger charge is 2.24. The quantitative estimate of drug-likeness (QED) is 0.870. The van der Waals surface area contributed by atoms with Crippen LogP contribution in [-0.2, 0) is 10.0 Å². The summed E-state index contributed by atoms with van der Waals surface area (Å²) in [5.41, 5.74) is 5.03. The second-order valence-corrected chi connectivity index (χ2v) is 7.78. The van der Waals surface area contributed by atoms with Gasteiger partial charge in [0.05, 0.1) is 24.8 Å². The third-order valence-corrected chi connectivity index (χ3v) is 6.46. The summed E-state index contributed by atoms with van der Waals surface area (Å²) in [5.74, 6) is 1.03. The molecule has 0 saturated heterocycles. The molecule has 2 aromatic carbocycles. The number of rotatable bonds is 5. The van der Waals surface area contributed by atoms with Crippen molar-refractivity contribution >= 4 is 15.7 Å². The van der Waals surface area contributed by atoms with E-state index in [9.17, 15) is 8.42 Å². The monoisotopic (exact) mass is 363 g/mol. The van der Waals surface area contributed by atoms with Gasteiger partial charge in [0.2, 0.25) is 0 Å². The van der Waals surface area contributed by atoms with Gasteiger partial charge < -0.3 is 9.47 Å². The molecule has 0 aliphatic rings. The van der Waals surface area contributed by atoms with E-state index in [1.807, 2.05) is 34.6 Å². The van der Waals surface area contributed by atoms with Crippen LogP contribution < -0.4 is 14.2 Å². The molecule has 0 fully saturated rings. The molecule has 136 valence electrons. The SMILES string of the molecule is COc1cc(NS(=O)(=O)c2c(C)c(C)c(C)c(C)c2C)cc(OC)c1. The maximum absolute atomic E-state index is 13.1. The predicted molar refractivity (Wildman–Crippen MR) is 100 cm³/mol. The topological polar surface area (TPSA) is 64.6 Å². The second kappa shape index (κ2) is 6.96. The first-order valence-electron chi connectivity index (χ1n) is 7.95. The number of hydrogen-bond donors (Lipinski definition) is 1. The maximum Gasteiger partial charge on any atom is 0.262 e. The van der Waals surface area contributed by atoms with Crippen molar-refractivity contribution < 1.29 is 17.9 Å². The van der Waals surface area contributed by atoms with Crippen molar-refractivity contribution in [2.75, 3.05) is 18.9 Å². The molecule has 0 radical (unpaired) electrons. The molecule has 5 nitrogen and oxygen atoms in total. The fourth-order valence-corrected chi connectivity index (χ4v) is 4.58. The van der Waals surface area contributed by atoms with Gasteiger partial charge >= 0.3 is 0 Å². The van der Waals surface area contributed by atoms with E-state index in [4.69, 9.17) is 9.47 Å². The molecule has 0 unspecified atom stereocenters. The van der Waals surface area contributed by atoms with E-state index in [-0.39, 0.29) is 0 Å². The molecule has 2 aromatic rings. The molecule has 0 spiro atoms. The first-order chi connectivity index (χ1) is 11.6. The highest BCUT2D eigenvalue weighted by molar-refractivity contribution is 7.92. The number of benzene rings is 2. The average Bonchev–Trinajstić information content (AvgIpc) is 2.57. The van der Waals surface area contributed by atoms with Crippen LogP contribution in [0, 0.1) is 34.6 Å². The third-order valence-electron chi connectivity index (χ3n) is 4.80. The van der Waals surface area contributed by atoms with E-state index in [2.05, 4.69) is 4.72 Å². The Morgan fingerprint density at radius 3 is 1.52 bits per heavy atom. The van der Waals surface area contributed by atoms with E-state index in [1.165, 1.54) is 14.2 Å². The van der Waals surface area contributed by atoms with Gasteiger partial charge in [0.25, 0.3) is 10.0 Å².